The molecule has 0 radical (unpaired) electrons. The molecule has 2 N–H and O–H groups in total. The number of aromatic nitrogens is 2. The van der Waals surface area contributed by atoms with Crippen molar-refractivity contribution in [1.82, 2.24) is 9.78 Å². The summed E-state index contributed by atoms with van der Waals surface area (Å²) in [6, 6.07) is 3.91. The molecule has 3 nitrogen and oxygen atoms in total. The second kappa shape index (κ2) is 4.57. The van der Waals surface area contributed by atoms with E-state index in [0.29, 0.717) is 6.54 Å². The Labute approximate surface area is 104 Å². The fourth-order valence-electron chi connectivity index (χ4n) is 1.83. The molecule has 0 bridgehead atoms. The van der Waals surface area contributed by atoms with Crippen LogP contribution in [0.1, 0.15) is 11.3 Å². The zero-order valence-corrected chi connectivity index (χ0v) is 10.9. The first-order valence-electron chi connectivity index (χ1n) is 5.11. The van der Waals surface area contributed by atoms with Crippen LogP contribution in [0.2, 0.25) is 4.34 Å². The maximum absolute atomic E-state index is 5.93. The number of thiophene rings is 1. The maximum Gasteiger partial charge on any atom is 0.105 e. The molecule has 86 valence electrons. The number of hydrogen-bond donors (Lipinski definition) is 1. The number of aryl methyl sites for hydroxylation is 1. The van der Waals surface area contributed by atoms with Crippen LogP contribution in [0.25, 0.3) is 10.6 Å². The lowest BCUT2D eigenvalue weighted by Crippen LogP contribution is -2.08. The smallest absolute Gasteiger partial charge is 0.105 e. The van der Waals surface area contributed by atoms with Crippen LogP contribution in [0, 0.1) is 6.92 Å². The van der Waals surface area contributed by atoms with Crippen LogP contribution in [0.5, 0.6) is 0 Å². The Bertz CT molecular complexity index is 501. The van der Waals surface area contributed by atoms with Gasteiger partial charge in [0.2, 0.25) is 0 Å². The lowest BCUT2D eigenvalue weighted by molar-refractivity contribution is 0.706. The maximum atomic E-state index is 5.93. The fraction of sp³-hybridized carbons (Fsp3) is 0.364. The van der Waals surface area contributed by atoms with Gasteiger partial charge in [-0.3, -0.25) is 4.68 Å². The van der Waals surface area contributed by atoms with Gasteiger partial charge < -0.3 is 5.73 Å². The van der Waals surface area contributed by atoms with Crippen LogP contribution in [0.3, 0.4) is 0 Å². The van der Waals surface area contributed by atoms with Crippen molar-refractivity contribution >= 4 is 22.9 Å². The van der Waals surface area contributed by atoms with Crippen molar-refractivity contribution in [3.05, 3.63) is 27.7 Å². The van der Waals surface area contributed by atoms with Gasteiger partial charge in [-0.05, 0) is 31.2 Å². The van der Waals surface area contributed by atoms with Gasteiger partial charge in [-0.1, -0.05) is 11.6 Å². The molecule has 0 aromatic carbocycles. The van der Waals surface area contributed by atoms with E-state index in [0.717, 1.165) is 21.3 Å². The molecule has 0 atom stereocenters. The van der Waals surface area contributed by atoms with Crippen molar-refractivity contribution in [2.75, 3.05) is 6.54 Å². The molecule has 0 saturated heterocycles. The minimum Gasteiger partial charge on any atom is -0.330 e. The normalized spacial score (nSPS) is 11.0. The highest BCUT2D eigenvalue weighted by atomic mass is 35.5. The van der Waals surface area contributed by atoms with E-state index in [1.807, 2.05) is 23.9 Å². The Kier molecular flexibility index (Phi) is 3.33. The quantitative estimate of drug-likeness (QED) is 0.916. The van der Waals surface area contributed by atoms with E-state index in [1.165, 1.54) is 11.3 Å². The molecular weight excluding hydrogens is 242 g/mol. The van der Waals surface area contributed by atoms with Crippen LogP contribution < -0.4 is 5.73 Å². The SMILES string of the molecule is Cc1c(-c2ccc(Cl)s2)nn(C)c1CCN. The third-order valence-corrected chi connectivity index (χ3v) is 3.85. The van der Waals surface area contributed by atoms with Crippen molar-refractivity contribution in [2.45, 2.75) is 13.3 Å². The van der Waals surface area contributed by atoms with Gasteiger partial charge in [0, 0.05) is 19.2 Å². The molecule has 0 aliphatic carbocycles. The van der Waals surface area contributed by atoms with E-state index in [1.54, 1.807) is 11.3 Å². The molecule has 0 fully saturated rings. The lowest BCUT2D eigenvalue weighted by Gasteiger charge is -1.99. The van der Waals surface area contributed by atoms with Crippen molar-refractivity contribution in [1.29, 1.82) is 0 Å². The molecule has 0 unspecified atom stereocenters. The van der Waals surface area contributed by atoms with Gasteiger partial charge in [-0.2, -0.15) is 5.10 Å². The predicted molar refractivity (Wildman–Crippen MR) is 69.0 cm³/mol. The Hall–Kier alpha value is -0.840. The van der Waals surface area contributed by atoms with Crippen LogP contribution in [-0.4, -0.2) is 16.3 Å². The first kappa shape index (κ1) is 11.6. The van der Waals surface area contributed by atoms with Gasteiger partial charge in [0.15, 0.2) is 0 Å². The summed E-state index contributed by atoms with van der Waals surface area (Å²) in [6.07, 6.45) is 0.856. The number of hydrogen-bond acceptors (Lipinski definition) is 3. The average molecular weight is 256 g/mol. The number of rotatable bonds is 3. The molecule has 0 spiro atoms. The van der Waals surface area contributed by atoms with Crippen LogP contribution in [-0.2, 0) is 13.5 Å². The number of halogens is 1. The second-order valence-electron chi connectivity index (χ2n) is 3.69. The second-order valence-corrected chi connectivity index (χ2v) is 5.40. The third-order valence-electron chi connectivity index (χ3n) is 2.62. The number of nitrogens with two attached hydrogens (primary N) is 1. The zero-order chi connectivity index (χ0) is 11.7. The molecule has 16 heavy (non-hydrogen) atoms. The Morgan fingerprint density at radius 2 is 2.25 bits per heavy atom. The van der Waals surface area contributed by atoms with E-state index in [-0.39, 0.29) is 0 Å². The first-order chi connectivity index (χ1) is 7.63. The summed E-state index contributed by atoms with van der Waals surface area (Å²) in [7, 11) is 1.96. The summed E-state index contributed by atoms with van der Waals surface area (Å²) in [6.45, 7) is 2.73. The van der Waals surface area contributed by atoms with Gasteiger partial charge in [0.25, 0.3) is 0 Å². The molecule has 0 saturated carbocycles. The van der Waals surface area contributed by atoms with Gasteiger partial charge in [-0.15, -0.1) is 11.3 Å². The fourth-order valence-corrected chi connectivity index (χ4v) is 2.91. The molecular formula is C11H14ClN3S. The summed E-state index contributed by atoms with van der Waals surface area (Å²) in [5.41, 5.74) is 9.00. The Balaban J connectivity index is 2.46. The standard InChI is InChI=1S/C11H14ClN3S/c1-7-8(5-6-13)15(2)14-11(7)9-3-4-10(12)16-9/h3-4H,5-6,13H2,1-2H3. The summed E-state index contributed by atoms with van der Waals surface area (Å²) in [4.78, 5) is 1.11. The molecule has 0 aliphatic rings. The molecule has 2 rings (SSSR count). The zero-order valence-electron chi connectivity index (χ0n) is 9.33. The summed E-state index contributed by atoms with van der Waals surface area (Å²) < 4.78 is 2.70. The largest absolute Gasteiger partial charge is 0.330 e. The molecule has 0 amide bonds. The highest BCUT2D eigenvalue weighted by molar-refractivity contribution is 7.19. The molecule has 2 aromatic rings. The summed E-state index contributed by atoms with van der Waals surface area (Å²) in [5.74, 6) is 0. The van der Waals surface area contributed by atoms with E-state index >= 15 is 0 Å². The highest BCUT2D eigenvalue weighted by Gasteiger charge is 2.14. The Morgan fingerprint density at radius 1 is 1.50 bits per heavy atom. The van der Waals surface area contributed by atoms with Gasteiger partial charge in [-0.25, -0.2) is 0 Å². The first-order valence-corrected chi connectivity index (χ1v) is 6.31. The minimum atomic E-state index is 0.644. The topological polar surface area (TPSA) is 43.8 Å². The van der Waals surface area contributed by atoms with Gasteiger partial charge in [0.05, 0.1) is 9.21 Å². The molecule has 2 heterocycles. The average Bonchev–Trinajstić information content (AvgIpc) is 2.77. The molecule has 5 heteroatoms. The Morgan fingerprint density at radius 3 is 2.81 bits per heavy atom. The van der Waals surface area contributed by atoms with E-state index in [2.05, 4.69) is 12.0 Å². The number of nitrogens with zero attached hydrogens (tertiary/aromatic N) is 2. The van der Waals surface area contributed by atoms with E-state index in [4.69, 9.17) is 17.3 Å². The highest BCUT2D eigenvalue weighted by Crippen LogP contribution is 2.33. The van der Waals surface area contributed by atoms with Crippen molar-refractivity contribution in [2.24, 2.45) is 12.8 Å². The van der Waals surface area contributed by atoms with Crippen LogP contribution >= 0.6 is 22.9 Å². The van der Waals surface area contributed by atoms with E-state index < -0.39 is 0 Å². The van der Waals surface area contributed by atoms with Gasteiger partial charge >= 0.3 is 0 Å². The predicted octanol–water partition coefficient (Wildman–Crippen LogP) is 2.61. The van der Waals surface area contributed by atoms with Crippen molar-refractivity contribution in [3.8, 4) is 10.6 Å². The van der Waals surface area contributed by atoms with Crippen LogP contribution in [0.15, 0.2) is 12.1 Å². The summed E-state index contributed by atoms with van der Waals surface area (Å²) in [5, 5.41) is 4.53. The van der Waals surface area contributed by atoms with Crippen LogP contribution in [0.4, 0.5) is 0 Å². The van der Waals surface area contributed by atoms with Crippen molar-refractivity contribution in [3.63, 3.8) is 0 Å². The molecule has 0 aliphatic heterocycles. The monoisotopic (exact) mass is 255 g/mol. The lowest BCUT2D eigenvalue weighted by atomic mass is 10.1. The van der Waals surface area contributed by atoms with Gasteiger partial charge in [0.1, 0.15) is 5.69 Å². The molecule has 2 aromatic heterocycles. The third kappa shape index (κ3) is 2.00. The minimum absolute atomic E-state index is 0.644. The summed E-state index contributed by atoms with van der Waals surface area (Å²) >= 11 is 7.49. The van der Waals surface area contributed by atoms with Crippen molar-refractivity contribution < 1.29 is 0 Å². The van der Waals surface area contributed by atoms with E-state index in [9.17, 15) is 0 Å².